The summed E-state index contributed by atoms with van der Waals surface area (Å²) in [6, 6.07) is 9.80. The Morgan fingerprint density at radius 3 is 2.89 bits per heavy atom. The van der Waals surface area contributed by atoms with Gasteiger partial charge in [-0.1, -0.05) is 22.0 Å². The summed E-state index contributed by atoms with van der Waals surface area (Å²) in [5, 5.41) is 3.11. The minimum Gasteiger partial charge on any atom is -0.486 e. The van der Waals surface area contributed by atoms with Crippen LogP contribution in [0.3, 0.4) is 0 Å². The first-order chi connectivity index (χ1) is 8.69. The summed E-state index contributed by atoms with van der Waals surface area (Å²) in [5.41, 5.74) is 1.17. The molecule has 0 saturated heterocycles. The van der Waals surface area contributed by atoms with Gasteiger partial charge in [-0.3, -0.25) is 0 Å². The first-order valence-electron chi connectivity index (χ1n) is 5.80. The molecular weight excluding hydrogens is 294 g/mol. The highest BCUT2D eigenvalue weighted by Gasteiger charge is 2.07. The molecule has 0 aliphatic rings. The van der Waals surface area contributed by atoms with E-state index < -0.39 is 0 Å². The number of hydrogen-bond donors (Lipinski definition) is 1. The quantitative estimate of drug-likeness (QED) is 0.915. The average molecular weight is 310 g/mol. The summed E-state index contributed by atoms with van der Waals surface area (Å²) in [6.07, 6.45) is 0. The van der Waals surface area contributed by atoms with Crippen molar-refractivity contribution in [1.29, 1.82) is 0 Å². The standard InChI is InChI=1S/C14H16BrNO2/c1-10-11(8-16-2)6-14(18-10)9-17-13-5-3-4-12(15)7-13/h3-7,16H,8-9H2,1-2H3. The number of rotatable bonds is 5. The molecule has 0 aliphatic carbocycles. The van der Waals surface area contributed by atoms with E-state index in [2.05, 4.69) is 21.2 Å². The van der Waals surface area contributed by atoms with Crippen molar-refractivity contribution < 1.29 is 9.15 Å². The van der Waals surface area contributed by atoms with E-state index in [1.807, 2.05) is 44.3 Å². The number of ether oxygens (including phenoxy) is 1. The topological polar surface area (TPSA) is 34.4 Å². The molecule has 1 aromatic heterocycles. The number of halogens is 1. The van der Waals surface area contributed by atoms with Crippen molar-refractivity contribution in [2.24, 2.45) is 0 Å². The van der Waals surface area contributed by atoms with Crippen molar-refractivity contribution >= 4 is 15.9 Å². The van der Waals surface area contributed by atoms with Crippen LogP contribution in [-0.2, 0) is 13.2 Å². The lowest BCUT2D eigenvalue weighted by Crippen LogP contribution is -2.04. The van der Waals surface area contributed by atoms with Crippen LogP contribution in [0.5, 0.6) is 5.75 Å². The molecule has 0 aliphatic heterocycles. The fraction of sp³-hybridized carbons (Fsp3) is 0.286. The van der Waals surface area contributed by atoms with Gasteiger partial charge in [0.05, 0.1) is 0 Å². The Labute approximate surface area is 115 Å². The van der Waals surface area contributed by atoms with Gasteiger partial charge in [0.1, 0.15) is 23.9 Å². The third-order valence-electron chi connectivity index (χ3n) is 2.62. The third-order valence-corrected chi connectivity index (χ3v) is 3.11. The van der Waals surface area contributed by atoms with Gasteiger partial charge >= 0.3 is 0 Å². The maximum Gasteiger partial charge on any atom is 0.146 e. The second-order valence-corrected chi connectivity index (χ2v) is 4.99. The van der Waals surface area contributed by atoms with Crippen LogP contribution in [0.25, 0.3) is 0 Å². The predicted octanol–water partition coefficient (Wildman–Crippen LogP) is 3.65. The van der Waals surface area contributed by atoms with Gasteiger partial charge in [-0.2, -0.15) is 0 Å². The molecule has 0 amide bonds. The van der Waals surface area contributed by atoms with Gasteiger partial charge in [0.25, 0.3) is 0 Å². The Morgan fingerprint density at radius 2 is 2.17 bits per heavy atom. The Balaban J connectivity index is 2.00. The number of hydrogen-bond acceptors (Lipinski definition) is 3. The second-order valence-electron chi connectivity index (χ2n) is 4.07. The van der Waals surface area contributed by atoms with Gasteiger partial charge < -0.3 is 14.5 Å². The molecule has 1 N–H and O–H groups in total. The Bertz CT molecular complexity index is 522. The Hall–Kier alpha value is -1.26. The lowest BCUT2D eigenvalue weighted by molar-refractivity contribution is 0.267. The molecule has 2 rings (SSSR count). The molecule has 2 aromatic rings. The summed E-state index contributed by atoms with van der Waals surface area (Å²) >= 11 is 3.41. The number of nitrogens with one attached hydrogen (secondary N) is 1. The van der Waals surface area contributed by atoms with Gasteiger partial charge in [0, 0.05) is 16.6 Å². The fourth-order valence-electron chi connectivity index (χ4n) is 1.74. The van der Waals surface area contributed by atoms with E-state index in [-0.39, 0.29) is 0 Å². The summed E-state index contributed by atoms with van der Waals surface area (Å²) in [7, 11) is 1.92. The van der Waals surface area contributed by atoms with Crippen LogP contribution < -0.4 is 10.1 Å². The molecule has 0 spiro atoms. The Kier molecular flexibility index (Phi) is 4.44. The van der Waals surface area contributed by atoms with Gasteiger partial charge in [0.15, 0.2) is 0 Å². The highest BCUT2D eigenvalue weighted by atomic mass is 79.9. The first-order valence-corrected chi connectivity index (χ1v) is 6.59. The van der Waals surface area contributed by atoms with Crippen LogP contribution in [-0.4, -0.2) is 7.05 Å². The van der Waals surface area contributed by atoms with Crippen LogP contribution in [0.15, 0.2) is 39.2 Å². The van der Waals surface area contributed by atoms with Crippen molar-refractivity contribution in [3.05, 3.63) is 51.9 Å². The van der Waals surface area contributed by atoms with Crippen molar-refractivity contribution in [1.82, 2.24) is 5.32 Å². The molecule has 96 valence electrons. The Morgan fingerprint density at radius 1 is 1.33 bits per heavy atom. The normalized spacial score (nSPS) is 10.6. The average Bonchev–Trinajstić information content (AvgIpc) is 2.69. The van der Waals surface area contributed by atoms with Crippen molar-refractivity contribution in [3.63, 3.8) is 0 Å². The van der Waals surface area contributed by atoms with Gasteiger partial charge in [-0.15, -0.1) is 0 Å². The van der Waals surface area contributed by atoms with Crippen LogP contribution in [0.2, 0.25) is 0 Å². The fourth-order valence-corrected chi connectivity index (χ4v) is 2.11. The van der Waals surface area contributed by atoms with Crippen LogP contribution in [0, 0.1) is 6.92 Å². The van der Waals surface area contributed by atoms with Crippen molar-refractivity contribution in [3.8, 4) is 5.75 Å². The lowest BCUT2D eigenvalue weighted by Gasteiger charge is -2.03. The number of benzene rings is 1. The molecule has 0 fully saturated rings. The predicted molar refractivity (Wildman–Crippen MR) is 74.7 cm³/mol. The summed E-state index contributed by atoms with van der Waals surface area (Å²) in [6.45, 7) is 3.22. The molecule has 0 saturated carbocycles. The molecular formula is C14H16BrNO2. The van der Waals surface area contributed by atoms with Gasteiger partial charge in [-0.25, -0.2) is 0 Å². The highest BCUT2D eigenvalue weighted by molar-refractivity contribution is 9.10. The molecule has 1 heterocycles. The monoisotopic (exact) mass is 309 g/mol. The van der Waals surface area contributed by atoms with E-state index in [0.717, 1.165) is 28.3 Å². The molecule has 3 nitrogen and oxygen atoms in total. The zero-order chi connectivity index (χ0) is 13.0. The van der Waals surface area contributed by atoms with Crippen molar-refractivity contribution in [2.45, 2.75) is 20.1 Å². The smallest absolute Gasteiger partial charge is 0.146 e. The molecule has 18 heavy (non-hydrogen) atoms. The number of aryl methyl sites for hydroxylation is 1. The largest absolute Gasteiger partial charge is 0.486 e. The van der Waals surface area contributed by atoms with Crippen LogP contribution in [0.4, 0.5) is 0 Å². The van der Waals surface area contributed by atoms with Crippen LogP contribution >= 0.6 is 15.9 Å². The molecule has 0 radical (unpaired) electrons. The molecule has 0 atom stereocenters. The van der Waals surface area contributed by atoms with Crippen molar-refractivity contribution in [2.75, 3.05) is 7.05 Å². The molecule has 1 aromatic carbocycles. The zero-order valence-corrected chi connectivity index (χ0v) is 12.1. The highest BCUT2D eigenvalue weighted by Crippen LogP contribution is 2.20. The second kappa shape index (κ2) is 6.07. The summed E-state index contributed by atoms with van der Waals surface area (Å²) < 4.78 is 12.3. The van der Waals surface area contributed by atoms with Gasteiger partial charge in [-0.05, 0) is 38.2 Å². The molecule has 0 bridgehead atoms. The van der Waals surface area contributed by atoms with E-state index in [4.69, 9.17) is 9.15 Å². The summed E-state index contributed by atoms with van der Waals surface area (Å²) in [5.74, 6) is 2.61. The van der Waals surface area contributed by atoms with E-state index in [9.17, 15) is 0 Å². The lowest BCUT2D eigenvalue weighted by atomic mass is 10.2. The first kappa shape index (κ1) is 13.2. The molecule has 4 heteroatoms. The maximum absolute atomic E-state index is 5.68. The third kappa shape index (κ3) is 3.37. The minimum absolute atomic E-state index is 0.445. The van der Waals surface area contributed by atoms with E-state index in [1.165, 1.54) is 5.56 Å². The maximum atomic E-state index is 5.68. The molecule has 0 unspecified atom stereocenters. The van der Waals surface area contributed by atoms with E-state index >= 15 is 0 Å². The zero-order valence-electron chi connectivity index (χ0n) is 10.5. The van der Waals surface area contributed by atoms with E-state index in [1.54, 1.807) is 0 Å². The van der Waals surface area contributed by atoms with Crippen LogP contribution in [0.1, 0.15) is 17.1 Å². The van der Waals surface area contributed by atoms with E-state index in [0.29, 0.717) is 6.61 Å². The minimum atomic E-state index is 0.445. The van der Waals surface area contributed by atoms with Gasteiger partial charge in [0.2, 0.25) is 0 Å². The summed E-state index contributed by atoms with van der Waals surface area (Å²) in [4.78, 5) is 0. The SMILES string of the molecule is CNCc1cc(COc2cccc(Br)c2)oc1C. The number of furan rings is 1.